The van der Waals surface area contributed by atoms with Crippen molar-refractivity contribution >= 4 is 17.6 Å². The minimum absolute atomic E-state index is 0.0298. The third-order valence-electron chi connectivity index (χ3n) is 1.79. The van der Waals surface area contributed by atoms with Crippen molar-refractivity contribution in [1.82, 2.24) is 5.32 Å². The van der Waals surface area contributed by atoms with Gasteiger partial charge in [-0.25, -0.2) is 4.79 Å². The van der Waals surface area contributed by atoms with Crippen molar-refractivity contribution in [2.75, 3.05) is 19.0 Å². The number of urea groups is 1. The first kappa shape index (κ1) is 11.8. The maximum Gasteiger partial charge on any atom is 0.319 e. The Bertz CT molecular complexity index is 375. The molecule has 1 aromatic rings. The zero-order valence-electron chi connectivity index (χ0n) is 8.91. The first-order chi connectivity index (χ1) is 7.61. The number of hydrogen-bond acceptors (Lipinski definition) is 3. The van der Waals surface area contributed by atoms with Gasteiger partial charge in [0.2, 0.25) is 0 Å². The van der Waals surface area contributed by atoms with E-state index in [1.807, 2.05) is 0 Å². The van der Waals surface area contributed by atoms with E-state index in [0.717, 1.165) is 5.75 Å². The van der Waals surface area contributed by atoms with Gasteiger partial charge in [-0.3, -0.25) is 5.41 Å². The summed E-state index contributed by atoms with van der Waals surface area (Å²) in [7, 11) is 1.57. The standard InChI is InChI=1S/C10H14N4O2/c1-16-8-4-2-7(3-5-8)14-10(15)13-6-9(11)12/h2-5H,6H2,1H3,(H3,11,12)(H2,13,14,15). The summed E-state index contributed by atoms with van der Waals surface area (Å²) < 4.78 is 4.98. The topological polar surface area (TPSA) is 100 Å². The van der Waals surface area contributed by atoms with Gasteiger partial charge in [0.25, 0.3) is 0 Å². The summed E-state index contributed by atoms with van der Waals surface area (Å²) in [6, 6.07) is 6.50. The summed E-state index contributed by atoms with van der Waals surface area (Å²) in [6.07, 6.45) is 0. The first-order valence-electron chi connectivity index (χ1n) is 4.63. The number of nitrogens with one attached hydrogen (secondary N) is 3. The molecule has 6 nitrogen and oxygen atoms in total. The van der Waals surface area contributed by atoms with Gasteiger partial charge in [-0.05, 0) is 24.3 Å². The van der Waals surface area contributed by atoms with Gasteiger partial charge in [-0.2, -0.15) is 0 Å². The zero-order chi connectivity index (χ0) is 12.0. The molecule has 5 N–H and O–H groups in total. The average molecular weight is 222 g/mol. The molecule has 0 bridgehead atoms. The third kappa shape index (κ3) is 3.87. The van der Waals surface area contributed by atoms with Crippen molar-refractivity contribution in [1.29, 1.82) is 5.41 Å². The van der Waals surface area contributed by atoms with Crippen molar-refractivity contribution in [3.63, 3.8) is 0 Å². The molecule has 6 heteroatoms. The molecule has 0 saturated carbocycles. The highest BCUT2D eigenvalue weighted by Crippen LogP contribution is 2.14. The summed E-state index contributed by atoms with van der Waals surface area (Å²) >= 11 is 0. The predicted octanol–water partition coefficient (Wildman–Crippen LogP) is 0.753. The number of methoxy groups -OCH3 is 1. The molecule has 0 aliphatic carbocycles. The summed E-state index contributed by atoms with van der Waals surface area (Å²) in [6.45, 7) is 0.0298. The Morgan fingerprint density at radius 2 is 2.06 bits per heavy atom. The van der Waals surface area contributed by atoms with E-state index in [1.165, 1.54) is 0 Å². The lowest BCUT2D eigenvalue weighted by Gasteiger charge is -2.07. The molecule has 0 spiro atoms. The Balaban J connectivity index is 2.46. The van der Waals surface area contributed by atoms with Gasteiger partial charge >= 0.3 is 6.03 Å². The second-order valence-electron chi connectivity index (χ2n) is 3.06. The van der Waals surface area contributed by atoms with Crippen molar-refractivity contribution in [3.8, 4) is 5.75 Å². The molecular weight excluding hydrogens is 208 g/mol. The fourth-order valence-corrected chi connectivity index (χ4v) is 1.03. The minimum Gasteiger partial charge on any atom is -0.497 e. The number of ether oxygens (including phenoxy) is 1. The Kier molecular flexibility index (Phi) is 4.14. The molecule has 0 saturated heterocycles. The lowest BCUT2D eigenvalue weighted by atomic mass is 10.3. The second kappa shape index (κ2) is 5.59. The third-order valence-corrected chi connectivity index (χ3v) is 1.79. The molecule has 0 aliphatic heterocycles. The quantitative estimate of drug-likeness (QED) is 0.446. The molecule has 0 aliphatic rings. The molecular formula is C10H14N4O2. The van der Waals surface area contributed by atoms with Crippen molar-refractivity contribution in [2.45, 2.75) is 0 Å². The van der Waals surface area contributed by atoms with Gasteiger partial charge in [0.1, 0.15) is 11.6 Å². The highest BCUT2D eigenvalue weighted by atomic mass is 16.5. The van der Waals surface area contributed by atoms with Crippen LogP contribution in [0.4, 0.5) is 10.5 Å². The van der Waals surface area contributed by atoms with Crippen molar-refractivity contribution < 1.29 is 9.53 Å². The zero-order valence-corrected chi connectivity index (χ0v) is 8.91. The number of amides is 2. The Hall–Kier alpha value is -2.24. The lowest BCUT2D eigenvalue weighted by Crippen LogP contribution is -2.35. The van der Waals surface area contributed by atoms with E-state index in [1.54, 1.807) is 31.4 Å². The maximum atomic E-state index is 11.3. The summed E-state index contributed by atoms with van der Waals surface area (Å²) in [5, 5.41) is 12.0. The first-order valence-corrected chi connectivity index (χ1v) is 4.63. The number of carbonyl (C=O) groups is 1. The molecule has 2 amide bonds. The predicted molar refractivity (Wildman–Crippen MR) is 61.9 cm³/mol. The molecule has 0 atom stereocenters. The fourth-order valence-electron chi connectivity index (χ4n) is 1.03. The van der Waals surface area contributed by atoms with Crippen LogP contribution in [0.2, 0.25) is 0 Å². The van der Waals surface area contributed by atoms with Crippen LogP contribution >= 0.6 is 0 Å². The van der Waals surface area contributed by atoms with Crippen LogP contribution in [0, 0.1) is 5.41 Å². The van der Waals surface area contributed by atoms with E-state index in [-0.39, 0.29) is 12.4 Å². The largest absolute Gasteiger partial charge is 0.497 e. The average Bonchev–Trinajstić information content (AvgIpc) is 2.27. The van der Waals surface area contributed by atoms with Crippen LogP contribution in [0.3, 0.4) is 0 Å². The summed E-state index contributed by atoms with van der Waals surface area (Å²) in [4.78, 5) is 11.3. The van der Waals surface area contributed by atoms with E-state index in [2.05, 4.69) is 10.6 Å². The number of hydrogen-bond donors (Lipinski definition) is 4. The van der Waals surface area contributed by atoms with E-state index in [4.69, 9.17) is 15.9 Å². The smallest absolute Gasteiger partial charge is 0.319 e. The maximum absolute atomic E-state index is 11.3. The number of nitrogens with two attached hydrogens (primary N) is 1. The van der Waals surface area contributed by atoms with Gasteiger partial charge in [0.15, 0.2) is 0 Å². The number of benzene rings is 1. The number of rotatable bonds is 4. The van der Waals surface area contributed by atoms with Gasteiger partial charge in [0.05, 0.1) is 13.7 Å². The van der Waals surface area contributed by atoms with Crippen molar-refractivity contribution in [3.05, 3.63) is 24.3 Å². The fraction of sp³-hybridized carbons (Fsp3) is 0.200. The number of amidine groups is 1. The van der Waals surface area contributed by atoms with Gasteiger partial charge in [-0.15, -0.1) is 0 Å². The number of anilines is 1. The van der Waals surface area contributed by atoms with Crippen LogP contribution < -0.4 is 21.1 Å². The molecule has 0 unspecified atom stereocenters. The van der Waals surface area contributed by atoms with Crippen molar-refractivity contribution in [2.24, 2.45) is 5.73 Å². The van der Waals surface area contributed by atoms with E-state index in [0.29, 0.717) is 5.69 Å². The van der Waals surface area contributed by atoms with Gasteiger partial charge in [-0.1, -0.05) is 0 Å². The van der Waals surface area contributed by atoms with Crippen LogP contribution in [0.1, 0.15) is 0 Å². The molecule has 1 rings (SSSR count). The minimum atomic E-state index is -0.402. The molecule has 0 aromatic heterocycles. The lowest BCUT2D eigenvalue weighted by molar-refractivity contribution is 0.253. The summed E-state index contributed by atoms with van der Waals surface area (Å²) in [5.41, 5.74) is 5.74. The molecule has 0 heterocycles. The Morgan fingerprint density at radius 1 is 1.44 bits per heavy atom. The van der Waals surface area contributed by atoms with E-state index >= 15 is 0 Å². The van der Waals surface area contributed by atoms with Crippen LogP contribution in [0.15, 0.2) is 24.3 Å². The molecule has 16 heavy (non-hydrogen) atoms. The molecule has 0 radical (unpaired) electrons. The van der Waals surface area contributed by atoms with Crippen LogP contribution in [0.5, 0.6) is 5.75 Å². The second-order valence-corrected chi connectivity index (χ2v) is 3.06. The highest BCUT2D eigenvalue weighted by Gasteiger charge is 2.01. The molecule has 86 valence electrons. The van der Waals surface area contributed by atoms with Crippen LogP contribution in [0.25, 0.3) is 0 Å². The molecule has 1 aromatic carbocycles. The van der Waals surface area contributed by atoms with E-state index < -0.39 is 6.03 Å². The van der Waals surface area contributed by atoms with Crippen LogP contribution in [-0.4, -0.2) is 25.5 Å². The summed E-state index contributed by atoms with van der Waals surface area (Å²) in [5.74, 6) is 0.625. The highest BCUT2D eigenvalue weighted by molar-refractivity contribution is 5.92. The van der Waals surface area contributed by atoms with Crippen LogP contribution in [-0.2, 0) is 0 Å². The SMILES string of the molecule is COc1ccc(NC(=O)NCC(=N)N)cc1. The van der Waals surface area contributed by atoms with Gasteiger partial charge < -0.3 is 21.1 Å². The van der Waals surface area contributed by atoms with Gasteiger partial charge in [0, 0.05) is 5.69 Å². The molecule has 0 fully saturated rings. The van der Waals surface area contributed by atoms with E-state index in [9.17, 15) is 4.79 Å². The monoisotopic (exact) mass is 222 g/mol. The Labute approximate surface area is 93.3 Å². The normalized spacial score (nSPS) is 9.31. The Morgan fingerprint density at radius 3 is 2.56 bits per heavy atom. The number of carbonyl (C=O) groups excluding carboxylic acids is 1.